The number of ether oxygens (including phenoxy) is 1. The smallest absolute Gasteiger partial charge is 0.307 e. The monoisotopic (exact) mass is 489 g/mol. The number of para-hydroxylation sites is 1. The van der Waals surface area contributed by atoms with Crippen LogP contribution in [0.15, 0.2) is 93.5 Å². The van der Waals surface area contributed by atoms with Gasteiger partial charge < -0.3 is 10.1 Å². The van der Waals surface area contributed by atoms with Gasteiger partial charge in [-0.05, 0) is 48.5 Å². The van der Waals surface area contributed by atoms with Gasteiger partial charge >= 0.3 is 5.97 Å². The molecule has 0 spiro atoms. The van der Waals surface area contributed by atoms with E-state index in [-0.39, 0.29) is 11.3 Å². The zero-order valence-electron chi connectivity index (χ0n) is 16.9. The maximum Gasteiger partial charge on any atom is 0.307 e. The summed E-state index contributed by atoms with van der Waals surface area (Å²) in [6, 6.07) is 22.7. The second kappa shape index (κ2) is 11.2. The van der Waals surface area contributed by atoms with E-state index in [1.165, 1.54) is 36.0 Å². The average molecular weight is 490 g/mol. The number of amides is 1. The van der Waals surface area contributed by atoms with Crippen LogP contribution in [0.3, 0.4) is 0 Å². The minimum atomic E-state index is -3.66. The number of sulfone groups is 1. The third-order valence-corrected chi connectivity index (χ3v) is 7.31. The Hall–Kier alpha value is -2.81. The number of hydrogen-bond donors (Lipinski definition) is 1. The molecule has 1 N–H and O–H groups in total. The lowest BCUT2D eigenvalue weighted by Gasteiger charge is -2.11. The molecule has 0 aromatic heterocycles. The van der Waals surface area contributed by atoms with Gasteiger partial charge in [-0.3, -0.25) is 9.59 Å². The zero-order valence-corrected chi connectivity index (χ0v) is 19.3. The van der Waals surface area contributed by atoms with Gasteiger partial charge in [0.2, 0.25) is 0 Å². The summed E-state index contributed by atoms with van der Waals surface area (Å²) >= 11 is 7.25. The number of benzene rings is 3. The van der Waals surface area contributed by atoms with Gasteiger partial charge in [-0.1, -0.05) is 53.7 Å². The average Bonchev–Trinajstić information content (AvgIpc) is 2.79. The van der Waals surface area contributed by atoms with Gasteiger partial charge in [0, 0.05) is 14.8 Å². The molecule has 0 radical (unpaired) electrons. The van der Waals surface area contributed by atoms with E-state index in [4.69, 9.17) is 16.3 Å². The van der Waals surface area contributed by atoms with Gasteiger partial charge in [0.25, 0.3) is 5.91 Å². The molecule has 0 atom stereocenters. The minimum Gasteiger partial charge on any atom is -0.456 e. The lowest BCUT2D eigenvalue weighted by Crippen LogP contribution is -2.22. The molecule has 1 amide bonds. The Kier molecular flexibility index (Phi) is 8.33. The van der Waals surface area contributed by atoms with Crippen LogP contribution in [0.25, 0.3) is 0 Å². The lowest BCUT2D eigenvalue weighted by molar-refractivity contribution is -0.146. The first-order chi connectivity index (χ1) is 15.3. The number of anilines is 1. The van der Waals surface area contributed by atoms with E-state index in [0.29, 0.717) is 10.7 Å². The molecule has 3 aromatic carbocycles. The molecule has 0 aliphatic rings. The summed E-state index contributed by atoms with van der Waals surface area (Å²) < 4.78 is 29.5. The van der Waals surface area contributed by atoms with Crippen LogP contribution in [0, 0.1) is 0 Å². The van der Waals surface area contributed by atoms with Crippen LogP contribution in [0.2, 0.25) is 5.02 Å². The van der Waals surface area contributed by atoms with Crippen LogP contribution in [-0.2, 0) is 24.2 Å². The van der Waals surface area contributed by atoms with Crippen molar-refractivity contribution in [1.29, 1.82) is 0 Å². The molecule has 0 heterocycles. The van der Waals surface area contributed by atoms with Gasteiger partial charge in [0.05, 0.1) is 22.8 Å². The molecule has 0 fully saturated rings. The van der Waals surface area contributed by atoms with Crippen LogP contribution < -0.4 is 5.32 Å². The summed E-state index contributed by atoms with van der Waals surface area (Å²) in [7, 11) is -3.66. The van der Waals surface area contributed by atoms with E-state index in [1.54, 1.807) is 12.1 Å². The molecule has 3 rings (SSSR count). The van der Waals surface area contributed by atoms with Crippen LogP contribution in [-0.4, -0.2) is 32.7 Å². The fourth-order valence-electron chi connectivity index (χ4n) is 2.66. The highest BCUT2D eigenvalue weighted by molar-refractivity contribution is 7.99. The number of carbonyl (C=O) groups is 2. The van der Waals surface area contributed by atoms with Crippen molar-refractivity contribution in [2.75, 3.05) is 17.7 Å². The predicted octanol–water partition coefficient (Wildman–Crippen LogP) is 4.84. The number of esters is 1. The van der Waals surface area contributed by atoms with Crippen LogP contribution in [0.4, 0.5) is 5.69 Å². The minimum absolute atomic E-state index is 0.0694. The van der Waals surface area contributed by atoms with Gasteiger partial charge in [-0.25, -0.2) is 8.42 Å². The maximum absolute atomic E-state index is 12.3. The summed E-state index contributed by atoms with van der Waals surface area (Å²) in [4.78, 5) is 26.1. The van der Waals surface area contributed by atoms with E-state index >= 15 is 0 Å². The van der Waals surface area contributed by atoms with Crippen molar-refractivity contribution in [3.63, 3.8) is 0 Å². The second-order valence-electron chi connectivity index (χ2n) is 6.64. The van der Waals surface area contributed by atoms with E-state index in [9.17, 15) is 18.0 Å². The standard InChI is InChI=1S/C23H20ClNO5S2/c24-17-10-12-19(13-11-17)32(28,29)15-14-23(27)30-16-22(26)25-20-8-4-5-9-21(20)31-18-6-2-1-3-7-18/h1-13H,14-16H2,(H,25,26). The SMILES string of the molecule is O=C(COC(=O)CCS(=O)(=O)c1ccc(Cl)cc1)Nc1ccccc1Sc1ccccc1. The number of halogens is 1. The third kappa shape index (κ3) is 7.12. The molecular weight excluding hydrogens is 470 g/mol. The third-order valence-electron chi connectivity index (χ3n) is 4.24. The molecule has 0 bridgehead atoms. The van der Waals surface area contributed by atoms with Gasteiger partial charge in [-0.15, -0.1) is 0 Å². The largest absolute Gasteiger partial charge is 0.456 e. The van der Waals surface area contributed by atoms with Crippen LogP contribution in [0.1, 0.15) is 6.42 Å². The Morgan fingerprint density at radius 1 is 0.906 bits per heavy atom. The van der Waals surface area contributed by atoms with E-state index < -0.39 is 34.1 Å². The number of rotatable bonds is 9. The Labute approximate surface area is 195 Å². The summed E-state index contributed by atoms with van der Waals surface area (Å²) in [6.07, 6.45) is -0.362. The molecule has 3 aromatic rings. The fraction of sp³-hybridized carbons (Fsp3) is 0.130. The quantitative estimate of drug-likeness (QED) is 0.433. The first kappa shape index (κ1) is 23.8. The van der Waals surface area contributed by atoms with Crippen molar-refractivity contribution in [2.24, 2.45) is 0 Å². The highest BCUT2D eigenvalue weighted by Crippen LogP contribution is 2.33. The van der Waals surface area contributed by atoms with Crippen molar-refractivity contribution < 1.29 is 22.7 Å². The maximum atomic E-state index is 12.3. The molecule has 9 heteroatoms. The van der Waals surface area contributed by atoms with Crippen molar-refractivity contribution in [3.8, 4) is 0 Å². The molecule has 6 nitrogen and oxygen atoms in total. The summed E-state index contributed by atoms with van der Waals surface area (Å²) in [6.45, 7) is -0.510. The Balaban J connectivity index is 1.50. The Bertz CT molecular complexity index is 1180. The predicted molar refractivity (Wildman–Crippen MR) is 125 cm³/mol. The molecular formula is C23H20ClNO5S2. The second-order valence-corrected chi connectivity index (χ2v) is 10.3. The van der Waals surface area contributed by atoms with Gasteiger partial charge in [0.15, 0.2) is 16.4 Å². The Morgan fingerprint density at radius 3 is 2.28 bits per heavy atom. The topological polar surface area (TPSA) is 89.5 Å². The highest BCUT2D eigenvalue weighted by atomic mass is 35.5. The fourth-order valence-corrected chi connectivity index (χ4v) is 4.93. The summed E-state index contributed by atoms with van der Waals surface area (Å²) in [5.41, 5.74) is 0.590. The molecule has 0 aliphatic heterocycles. The van der Waals surface area contributed by atoms with E-state index in [1.807, 2.05) is 42.5 Å². The van der Waals surface area contributed by atoms with E-state index in [2.05, 4.69) is 5.32 Å². The zero-order chi connectivity index (χ0) is 23.0. The first-order valence-corrected chi connectivity index (χ1v) is 12.4. The van der Waals surface area contributed by atoms with Crippen molar-refractivity contribution >= 4 is 50.8 Å². The first-order valence-electron chi connectivity index (χ1n) is 9.59. The number of carbonyl (C=O) groups excluding carboxylic acids is 2. The number of hydrogen-bond acceptors (Lipinski definition) is 6. The summed E-state index contributed by atoms with van der Waals surface area (Å²) in [5, 5.41) is 3.14. The number of nitrogens with one attached hydrogen (secondary N) is 1. The normalized spacial score (nSPS) is 11.0. The molecule has 32 heavy (non-hydrogen) atoms. The lowest BCUT2D eigenvalue weighted by atomic mass is 10.3. The molecule has 0 aliphatic carbocycles. The molecule has 0 saturated heterocycles. The highest BCUT2D eigenvalue weighted by Gasteiger charge is 2.18. The molecule has 166 valence electrons. The van der Waals surface area contributed by atoms with Gasteiger partial charge in [0.1, 0.15) is 0 Å². The van der Waals surface area contributed by atoms with E-state index in [0.717, 1.165) is 9.79 Å². The molecule has 0 unspecified atom stereocenters. The summed E-state index contributed by atoms with van der Waals surface area (Å²) in [5.74, 6) is -1.71. The van der Waals surface area contributed by atoms with Crippen LogP contribution in [0.5, 0.6) is 0 Å². The van der Waals surface area contributed by atoms with Gasteiger partial charge in [-0.2, -0.15) is 0 Å². The van der Waals surface area contributed by atoms with Crippen molar-refractivity contribution in [1.82, 2.24) is 0 Å². The van der Waals surface area contributed by atoms with Crippen LogP contribution >= 0.6 is 23.4 Å². The Morgan fingerprint density at radius 2 is 1.56 bits per heavy atom. The molecule has 0 saturated carbocycles. The van der Waals surface area contributed by atoms with Crippen molar-refractivity contribution in [3.05, 3.63) is 83.9 Å². The van der Waals surface area contributed by atoms with Crippen molar-refractivity contribution in [2.45, 2.75) is 21.1 Å².